The standard InChI is InChI=1S/C17H15F3N6O/c1-8(2)26-16-13(15(21)22-7-23-16)14(25-26)12-6-9-5-10(27-17(18,19)20)3-4-11(9)24-12/h3-8,24H,1-2H3,(H2,21,22,23). The lowest BCUT2D eigenvalue weighted by atomic mass is 10.2. The number of fused-ring (bicyclic) bond motifs is 2. The number of nitrogen functional groups attached to an aromatic ring is 1. The van der Waals surface area contributed by atoms with Gasteiger partial charge in [-0.15, -0.1) is 13.2 Å². The van der Waals surface area contributed by atoms with Gasteiger partial charge in [0.2, 0.25) is 0 Å². The van der Waals surface area contributed by atoms with E-state index >= 15 is 0 Å². The Morgan fingerprint density at radius 3 is 2.67 bits per heavy atom. The van der Waals surface area contributed by atoms with Gasteiger partial charge in [0.1, 0.15) is 23.6 Å². The van der Waals surface area contributed by atoms with Crippen LogP contribution in [-0.4, -0.2) is 31.1 Å². The number of nitrogens with one attached hydrogen (secondary N) is 1. The van der Waals surface area contributed by atoms with Gasteiger partial charge in [-0.05, 0) is 38.1 Å². The minimum atomic E-state index is -4.75. The van der Waals surface area contributed by atoms with Gasteiger partial charge in [-0.25, -0.2) is 14.6 Å². The Labute approximate surface area is 151 Å². The molecule has 4 aromatic rings. The second-order valence-electron chi connectivity index (χ2n) is 6.32. The lowest BCUT2D eigenvalue weighted by Crippen LogP contribution is -2.16. The van der Waals surface area contributed by atoms with Gasteiger partial charge in [-0.2, -0.15) is 5.10 Å². The fourth-order valence-corrected chi connectivity index (χ4v) is 2.98. The summed E-state index contributed by atoms with van der Waals surface area (Å²) in [5, 5.41) is 5.73. The topological polar surface area (TPSA) is 94.6 Å². The summed E-state index contributed by atoms with van der Waals surface area (Å²) in [4.78, 5) is 11.4. The van der Waals surface area contributed by atoms with Crippen molar-refractivity contribution in [2.75, 3.05) is 5.73 Å². The SMILES string of the molecule is CC(C)n1nc(-c2cc3cc(OC(F)(F)F)ccc3[nH]2)c2c(N)ncnc21. The van der Waals surface area contributed by atoms with Gasteiger partial charge < -0.3 is 15.5 Å². The molecule has 1 aromatic carbocycles. The van der Waals surface area contributed by atoms with Crippen molar-refractivity contribution >= 4 is 27.8 Å². The zero-order chi connectivity index (χ0) is 19.3. The Hall–Kier alpha value is -3.30. The van der Waals surface area contributed by atoms with Crippen molar-refractivity contribution in [2.45, 2.75) is 26.3 Å². The molecule has 140 valence electrons. The Morgan fingerprint density at radius 2 is 1.96 bits per heavy atom. The molecule has 0 unspecified atom stereocenters. The van der Waals surface area contributed by atoms with E-state index in [1.54, 1.807) is 10.7 Å². The van der Waals surface area contributed by atoms with E-state index in [2.05, 4.69) is 24.8 Å². The maximum atomic E-state index is 12.4. The van der Waals surface area contributed by atoms with E-state index in [-0.39, 0.29) is 17.6 Å². The number of aromatic amines is 1. The first-order valence-corrected chi connectivity index (χ1v) is 8.10. The van der Waals surface area contributed by atoms with Crippen LogP contribution in [0.5, 0.6) is 5.75 Å². The number of rotatable bonds is 3. The van der Waals surface area contributed by atoms with Gasteiger partial charge in [0.15, 0.2) is 5.65 Å². The summed E-state index contributed by atoms with van der Waals surface area (Å²) in [5.74, 6) is -0.0115. The average Bonchev–Trinajstić information content (AvgIpc) is 3.14. The molecule has 0 aliphatic heterocycles. The first kappa shape index (κ1) is 17.1. The fourth-order valence-electron chi connectivity index (χ4n) is 2.98. The minimum Gasteiger partial charge on any atom is -0.406 e. The van der Waals surface area contributed by atoms with E-state index in [4.69, 9.17) is 5.73 Å². The molecule has 0 radical (unpaired) electrons. The molecule has 0 aliphatic rings. The van der Waals surface area contributed by atoms with Crippen molar-refractivity contribution < 1.29 is 17.9 Å². The summed E-state index contributed by atoms with van der Waals surface area (Å²) >= 11 is 0. The highest BCUT2D eigenvalue weighted by Crippen LogP contribution is 2.34. The third kappa shape index (κ3) is 3.03. The number of H-pyrrole nitrogens is 1. The molecule has 0 fully saturated rings. The van der Waals surface area contributed by atoms with Gasteiger partial charge >= 0.3 is 6.36 Å². The molecule has 0 spiro atoms. The zero-order valence-electron chi connectivity index (χ0n) is 14.4. The van der Waals surface area contributed by atoms with Crippen LogP contribution in [0.4, 0.5) is 19.0 Å². The third-order valence-electron chi connectivity index (χ3n) is 4.09. The number of nitrogens with two attached hydrogens (primary N) is 1. The van der Waals surface area contributed by atoms with Gasteiger partial charge in [-0.3, -0.25) is 0 Å². The van der Waals surface area contributed by atoms with Crippen LogP contribution < -0.4 is 10.5 Å². The molecule has 3 aromatic heterocycles. The van der Waals surface area contributed by atoms with Crippen molar-refractivity contribution in [1.29, 1.82) is 0 Å². The highest BCUT2D eigenvalue weighted by Gasteiger charge is 2.31. The number of alkyl halides is 3. The Bertz CT molecular complexity index is 1140. The van der Waals surface area contributed by atoms with Crippen molar-refractivity contribution in [3.05, 3.63) is 30.6 Å². The number of nitrogens with zero attached hydrogens (tertiary/aromatic N) is 4. The first-order valence-electron chi connectivity index (χ1n) is 8.10. The number of aromatic nitrogens is 5. The van der Waals surface area contributed by atoms with E-state index in [0.717, 1.165) is 0 Å². The van der Waals surface area contributed by atoms with Crippen LogP contribution in [0.25, 0.3) is 33.3 Å². The van der Waals surface area contributed by atoms with Crippen molar-refractivity contribution in [2.24, 2.45) is 0 Å². The predicted molar refractivity (Wildman–Crippen MR) is 94.1 cm³/mol. The maximum absolute atomic E-state index is 12.4. The molecule has 10 heteroatoms. The number of anilines is 1. The van der Waals surface area contributed by atoms with Gasteiger partial charge in [-0.1, -0.05) is 0 Å². The summed E-state index contributed by atoms with van der Waals surface area (Å²) < 4.78 is 43.0. The molecule has 0 aliphatic carbocycles. The predicted octanol–water partition coefficient (Wildman–Crippen LogP) is 4.04. The molecule has 4 rings (SSSR count). The Kier molecular flexibility index (Phi) is 3.72. The van der Waals surface area contributed by atoms with Crippen LogP contribution in [0.2, 0.25) is 0 Å². The highest BCUT2D eigenvalue weighted by atomic mass is 19.4. The number of hydrogen-bond donors (Lipinski definition) is 2. The molecule has 7 nitrogen and oxygen atoms in total. The quantitative estimate of drug-likeness (QED) is 0.563. The van der Waals surface area contributed by atoms with E-state index in [9.17, 15) is 13.2 Å². The number of halogens is 3. The summed E-state index contributed by atoms with van der Waals surface area (Å²) in [6.07, 6.45) is -3.38. The summed E-state index contributed by atoms with van der Waals surface area (Å²) in [6.45, 7) is 3.92. The van der Waals surface area contributed by atoms with E-state index in [1.165, 1.54) is 24.5 Å². The lowest BCUT2D eigenvalue weighted by Gasteiger charge is -2.08. The summed E-state index contributed by atoms with van der Waals surface area (Å²) in [6, 6.07) is 5.80. The monoisotopic (exact) mass is 376 g/mol. The third-order valence-corrected chi connectivity index (χ3v) is 4.09. The van der Waals surface area contributed by atoms with E-state index < -0.39 is 6.36 Å². The molecule has 3 heterocycles. The second kappa shape index (κ2) is 5.86. The van der Waals surface area contributed by atoms with Crippen molar-refractivity contribution in [3.8, 4) is 17.1 Å². The molecular weight excluding hydrogens is 361 g/mol. The molecule has 0 amide bonds. The van der Waals surface area contributed by atoms with Crippen LogP contribution in [0.1, 0.15) is 19.9 Å². The van der Waals surface area contributed by atoms with Crippen LogP contribution in [0.15, 0.2) is 30.6 Å². The fraction of sp³-hybridized carbons (Fsp3) is 0.235. The molecule has 27 heavy (non-hydrogen) atoms. The van der Waals surface area contributed by atoms with E-state index in [0.29, 0.717) is 33.3 Å². The zero-order valence-corrected chi connectivity index (χ0v) is 14.4. The van der Waals surface area contributed by atoms with Crippen LogP contribution >= 0.6 is 0 Å². The Balaban J connectivity index is 1.87. The van der Waals surface area contributed by atoms with Gasteiger partial charge in [0.25, 0.3) is 0 Å². The lowest BCUT2D eigenvalue weighted by molar-refractivity contribution is -0.274. The van der Waals surface area contributed by atoms with Gasteiger partial charge in [0, 0.05) is 16.9 Å². The first-order chi connectivity index (χ1) is 12.7. The highest BCUT2D eigenvalue weighted by molar-refractivity contribution is 6.00. The number of hydrogen-bond acceptors (Lipinski definition) is 5. The Morgan fingerprint density at radius 1 is 1.19 bits per heavy atom. The molecule has 0 saturated carbocycles. The summed E-state index contributed by atoms with van der Waals surface area (Å²) in [7, 11) is 0. The van der Waals surface area contributed by atoms with Crippen LogP contribution in [0.3, 0.4) is 0 Å². The van der Waals surface area contributed by atoms with Crippen LogP contribution in [0, 0.1) is 0 Å². The number of ether oxygens (including phenoxy) is 1. The summed E-state index contributed by atoms with van der Waals surface area (Å²) in [5.41, 5.74) is 8.39. The van der Waals surface area contributed by atoms with Gasteiger partial charge in [0.05, 0.1) is 11.1 Å². The average molecular weight is 376 g/mol. The smallest absolute Gasteiger partial charge is 0.406 e. The molecular formula is C17H15F3N6O. The minimum absolute atomic E-state index is 0.0340. The number of benzene rings is 1. The molecule has 3 N–H and O–H groups in total. The van der Waals surface area contributed by atoms with E-state index in [1.807, 2.05) is 13.8 Å². The molecule has 0 bridgehead atoms. The second-order valence-corrected chi connectivity index (χ2v) is 6.32. The van der Waals surface area contributed by atoms with Crippen molar-refractivity contribution in [3.63, 3.8) is 0 Å². The largest absolute Gasteiger partial charge is 0.573 e. The maximum Gasteiger partial charge on any atom is 0.573 e. The van der Waals surface area contributed by atoms with Crippen molar-refractivity contribution in [1.82, 2.24) is 24.7 Å². The normalized spacial score (nSPS) is 12.4. The van der Waals surface area contributed by atoms with Crippen LogP contribution in [-0.2, 0) is 0 Å². The molecule has 0 saturated heterocycles. The molecule has 0 atom stereocenters.